The molecule has 3 aromatic rings. The van der Waals surface area contributed by atoms with Gasteiger partial charge in [-0.15, -0.1) is 6.58 Å². The van der Waals surface area contributed by atoms with Crippen molar-refractivity contribution in [2.75, 3.05) is 30.8 Å². The fourth-order valence-corrected chi connectivity index (χ4v) is 6.97. The predicted molar refractivity (Wildman–Crippen MR) is 166 cm³/mol. The number of hydrogen-bond acceptors (Lipinski definition) is 8. The topological polar surface area (TPSA) is 115 Å². The van der Waals surface area contributed by atoms with Crippen molar-refractivity contribution in [1.29, 1.82) is 0 Å². The summed E-state index contributed by atoms with van der Waals surface area (Å²) in [5, 5.41) is 20.6. The summed E-state index contributed by atoms with van der Waals surface area (Å²) in [5.74, 6) is 0.924. The molecule has 2 atom stereocenters. The van der Waals surface area contributed by atoms with Crippen molar-refractivity contribution in [1.82, 2.24) is 25.2 Å². The molecule has 9 heteroatoms. The number of aliphatic hydroxyl groups is 1. The van der Waals surface area contributed by atoms with E-state index in [1.165, 1.54) is 42.1 Å². The average molecular weight is 568 g/mol. The Bertz CT molecular complexity index is 1540. The molecule has 0 fully saturated rings. The monoisotopic (exact) mass is 567 g/mol. The number of carbonyl (C=O) groups excluding carboxylic acids is 1. The maximum atomic E-state index is 13.0. The van der Waals surface area contributed by atoms with E-state index in [1.54, 1.807) is 6.08 Å². The van der Waals surface area contributed by atoms with Gasteiger partial charge in [0.05, 0.1) is 5.69 Å². The number of aryl methyl sites for hydroxylation is 2. The Morgan fingerprint density at radius 1 is 1.12 bits per heavy atom. The number of benzene rings is 1. The minimum atomic E-state index is -0.939. The summed E-state index contributed by atoms with van der Waals surface area (Å²) < 4.78 is 0. The third-order valence-corrected chi connectivity index (χ3v) is 9.32. The van der Waals surface area contributed by atoms with Crippen LogP contribution in [0.4, 0.5) is 23.3 Å². The Morgan fingerprint density at radius 3 is 2.76 bits per heavy atom. The number of fused-ring (bicyclic) bond motifs is 1. The number of pyridine rings is 1. The quantitative estimate of drug-likeness (QED) is 0.273. The zero-order chi connectivity index (χ0) is 29.5. The standard InChI is InChI=1S/C33H41N7O2/c1-5-15-34-30(41)25-19-35-31(39-29(25)38-26-10-9-21-11-13-33(42,6-2)28(21)37-26)36-24-17-22-8-7-12-32(3)14-16-40(4)20-23(18-24)27(22)32/h5,9-10,17-19,42H,1,6-8,11-16,20H2,2-4H3,(H,34,41)(H2,35,36,37,38,39). The first-order chi connectivity index (χ1) is 20.2. The molecule has 6 rings (SSSR count). The van der Waals surface area contributed by atoms with Gasteiger partial charge in [0.1, 0.15) is 22.8 Å². The Labute approximate surface area is 247 Å². The van der Waals surface area contributed by atoms with Crippen LogP contribution in [0.2, 0.25) is 0 Å². The third-order valence-electron chi connectivity index (χ3n) is 9.32. The second-order valence-electron chi connectivity index (χ2n) is 12.4. The molecule has 0 radical (unpaired) electrons. The minimum absolute atomic E-state index is 0.215. The molecule has 0 saturated carbocycles. The molecule has 4 N–H and O–H groups in total. The number of nitrogens with zero attached hydrogens (tertiary/aromatic N) is 4. The fourth-order valence-electron chi connectivity index (χ4n) is 6.97. The SMILES string of the molecule is C=CCNC(=O)c1cnc(Nc2cc3c4c(c2)CN(C)CCC4(C)CCC3)nc1Nc1ccc2c(n1)C(O)(CC)CC2. The van der Waals surface area contributed by atoms with Gasteiger partial charge in [-0.05, 0) is 104 Å². The molecule has 0 saturated heterocycles. The number of nitrogens with one attached hydrogen (secondary N) is 3. The van der Waals surface area contributed by atoms with E-state index in [1.807, 2.05) is 19.1 Å². The van der Waals surface area contributed by atoms with Crippen LogP contribution in [-0.4, -0.2) is 51.0 Å². The Balaban J connectivity index is 1.34. The van der Waals surface area contributed by atoms with Crippen LogP contribution in [0, 0.1) is 0 Å². The van der Waals surface area contributed by atoms with Crippen LogP contribution in [0.5, 0.6) is 0 Å². The summed E-state index contributed by atoms with van der Waals surface area (Å²) in [6.45, 7) is 10.4. The minimum Gasteiger partial charge on any atom is -0.384 e. The summed E-state index contributed by atoms with van der Waals surface area (Å²) in [6, 6.07) is 8.34. The molecule has 2 aliphatic carbocycles. The van der Waals surface area contributed by atoms with Crippen molar-refractivity contribution >= 4 is 29.2 Å². The fraction of sp³-hybridized carbons (Fsp3) is 0.455. The van der Waals surface area contributed by atoms with E-state index in [2.05, 4.69) is 58.5 Å². The van der Waals surface area contributed by atoms with E-state index in [4.69, 9.17) is 9.97 Å². The van der Waals surface area contributed by atoms with Crippen molar-refractivity contribution in [2.24, 2.45) is 0 Å². The van der Waals surface area contributed by atoms with Crippen LogP contribution in [0.25, 0.3) is 0 Å². The van der Waals surface area contributed by atoms with Crippen LogP contribution in [0.3, 0.4) is 0 Å². The number of aromatic nitrogens is 3. The van der Waals surface area contributed by atoms with Crippen LogP contribution in [0.1, 0.15) is 84.3 Å². The first-order valence-electron chi connectivity index (χ1n) is 15.1. The van der Waals surface area contributed by atoms with Gasteiger partial charge in [0.15, 0.2) is 0 Å². The van der Waals surface area contributed by atoms with Crippen molar-refractivity contribution in [3.05, 3.63) is 76.6 Å². The first-order valence-corrected chi connectivity index (χ1v) is 15.1. The third kappa shape index (κ3) is 5.27. The number of hydrogen-bond donors (Lipinski definition) is 4. The lowest BCUT2D eigenvalue weighted by molar-refractivity contribution is 0.0307. The van der Waals surface area contributed by atoms with E-state index < -0.39 is 5.60 Å². The highest BCUT2D eigenvalue weighted by Gasteiger charge is 2.38. The highest BCUT2D eigenvalue weighted by Crippen LogP contribution is 2.45. The summed E-state index contributed by atoms with van der Waals surface area (Å²) in [7, 11) is 2.19. The molecule has 1 aromatic carbocycles. The summed E-state index contributed by atoms with van der Waals surface area (Å²) in [5.41, 5.74) is 6.55. The van der Waals surface area contributed by atoms with E-state index in [-0.39, 0.29) is 11.3 Å². The maximum absolute atomic E-state index is 13.0. The highest BCUT2D eigenvalue weighted by atomic mass is 16.3. The van der Waals surface area contributed by atoms with Crippen molar-refractivity contribution in [3.8, 4) is 0 Å². The number of anilines is 4. The van der Waals surface area contributed by atoms with E-state index >= 15 is 0 Å². The van der Waals surface area contributed by atoms with Gasteiger partial charge in [-0.2, -0.15) is 4.98 Å². The molecular weight excluding hydrogens is 526 g/mol. The molecule has 2 unspecified atom stereocenters. The summed E-state index contributed by atoms with van der Waals surface area (Å²) in [4.78, 5) is 29.5. The predicted octanol–water partition coefficient (Wildman–Crippen LogP) is 5.25. The lowest BCUT2D eigenvalue weighted by atomic mass is 9.68. The molecule has 42 heavy (non-hydrogen) atoms. The van der Waals surface area contributed by atoms with E-state index in [0.717, 1.165) is 37.2 Å². The summed E-state index contributed by atoms with van der Waals surface area (Å²) >= 11 is 0. The van der Waals surface area contributed by atoms with Crippen LogP contribution < -0.4 is 16.0 Å². The maximum Gasteiger partial charge on any atom is 0.256 e. The molecule has 9 nitrogen and oxygen atoms in total. The van der Waals surface area contributed by atoms with Crippen molar-refractivity contribution < 1.29 is 9.90 Å². The van der Waals surface area contributed by atoms with Gasteiger partial charge >= 0.3 is 0 Å². The number of amides is 1. The van der Waals surface area contributed by atoms with Gasteiger partial charge < -0.3 is 26.0 Å². The normalized spacial score (nSPS) is 23.0. The van der Waals surface area contributed by atoms with Crippen LogP contribution in [0.15, 0.2) is 43.1 Å². The lowest BCUT2D eigenvalue weighted by Gasteiger charge is -2.36. The Kier molecular flexibility index (Phi) is 7.49. The van der Waals surface area contributed by atoms with Gasteiger partial charge in [-0.25, -0.2) is 9.97 Å². The second-order valence-corrected chi connectivity index (χ2v) is 12.4. The smallest absolute Gasteiger partial charge is 0.256 e. The Hall–Kier alpha value is -3.82. The molecule has 1 aliphatic heterocycles. The highest BCUT2D eigenvalue weighted by molar-refractivity contribution is 5.99. The largest absolute Gasteiger partial charge is 0.384 e. The molecule has 2 aromatic heterocycles. The lowest BCUT2D eigenvalue weighted by Crippen LogP contribution is -2.29. The van der Waals surface area contributed by atoms with Gasteiger partial charge in [0.25, 0.3) is 5.91 Å². The zero-order valence-corrected chi connectivity index (χ0v) is 24.9. The van der Waals surface area contributed by atoms with Crippen molar-refractivity contribution in [3.63, 3.8) is 0 Å². The molecule has 0 spiro atoms. The van der Waals surface area contributed by atoms with Gasteiger partial charge in [-0.3, -0.25) is 4.79 Å². The number of carbonyl (C=O) groups is 1. The van der Waals surface area contributed by atoms with Gasteiger partial charge in [-0.1, -0.05) is 26.0 Å². The van der Waals surface area contributed by atoms with Gasteiger partial charge in [0.2, 0.25) is 5.95 Å². The Morgan fingerprint density at radius 2 is 1.95 bits per heavy atom. The van der Waals surface area contributed by atoms with E-state index in [9.17, 15) is 9.90 Å². The first kappa shape index (κ1) is 28.3. The number of rotatable bonds is 8. The van der Waals surface area contributed by atoms with Crippen LogP contribution >= 0.6 is 0 Å². The molecule has 0 bridgehead atoms. The van der Waals surface area contributed by atoms with Crippen molar-refractivity contribution in [2.45, 2.75) is 76.4 Å². The molecule has 3 heterocycles. The zero-order valence-electron chi connectivity index (χ0n) is 24.9. The molecule has 3 aliphatic rings. The molecular formula is C33H41N7O2. The molecule has 1 amide bonds. The average Bonchev–Trinajstić information content (AvgIpc) is 3.24. The second kappa shape index (κ2) is 11.1. The molecule has 220 valence electrons. The van der Waals surface area contributed by atoms with E-state index in [0.29, 0.717) is 48.2 Å². The van der Waals surface area contributed by atoms with Crippen LogP contribution in [-0.2, 0) is 30.4 Å². The summed E-state index contributed by atoms with van der Waals surface area (Å²) in [6.07, 6.45) is 9.87. The van der Waals surface area contributed by atoms with Gasteiger partial charge in [0, 0.05) is 25.0 Å².